The van der Waals surface area contributed by atoms with Gasteiger partial charge >= 0.3 is 0 Å². The number of rotatable bonds is 32. The number of nitrogens with zero attached hydrogens (tertiary/aromatic N) is 2. The van der Waals surface area contributed by atoms with Gasteiger partial charge in [-0.25, -0.2) is 0 Å². The number of aryl methyl sites for hydroxylation is 1. The Hall–Kier alpha value is -3.13. The van der Waals surface area contributed by atoms with Crippen molar-refractivity contribution in [1.29, 1.82) is 0 Å². The Morgan fingerprint density at radius 3 is 1.55 bits per heavy atom. The molecule has 0 amide bonds. The van der Waals surface area contributed by atoms with Gasteiger partial charge in [0, 0.05) is 47.9 Å². The van der Waals surface area contributed by atoms with Crippen molar-refractivity contribution in [3.05, 3.63) is 95.8 Å². The summed E-state index contributed by atoms with van der Waals surface area (Å²) in [5.41, 5.74) is 6.61. The van der Waals surface area contributed by atoms with E-state index in [1.807, 2.05) is 0 Å². The van der Waals surface area contributed by atoms with Crippen molar-refractivity contribution < 1.29 is 4.57 Å². The lowest BCUT2D eigenvalue weighted by molar-refractivity contribution is -0.673. The van der Waals surface area contributed by atoms with Crippen LogP contribution in [0.15, 0.2) is 84.6 Å². The van der Waals surface area contributed by atoms with E-state index >= 15 is 0 Å². The minimum atomic E-state index is 1.08. The third-order valence-electron chi connectivity index (χ3n) is 12.0. The first-order chi connectivity index (χ1) is 27.3. The van der Waals surface area contributed by atoms with Gasteiger partial charge in [0.2, 0.25) is 11.2 Å². The van der Waals surface area contributed by atoms with E-state index in [0.717, 1.165) is 13.1 Å². The molecule has 0 saturated carbocycles. The molecule has 0 bridgehead atoms. The minimum Gasteiger partial charge on any atom is -0.341 e. The molecule has 1 aliphatic rings. The Labute approximate surface area is 339 Å². The Kier molecular flexibility index (Phi) is 23.6. The highest BCUT2D eigenvalue weighted by Gasteiger charge is 2.17. The van der Waals surface area contributed by atoms with Crippen LogP contribution in [-0.2, 0) is 6.54 Å². The van der Waals surface area contributed by atoms with Gasteiger partial charge < -0.3 is 4.90 Å². The van der Waals surface area contributed by atoms with Gasteiger partial charge in [0.15, 0.2) is 0 Å². The quantitative estimate of drug-likeness (QED) is 0.0456. The standard InChI is InChI=1S/C53H81N2/c1-3-5-7-9-11-13-15-17-19-21-23-25-27-33-46-54-50(44-42-48-36-29-31-40-52(48)54)38-35-39-51-45-43-49-37-30-32-41-53(49)55(51)47-34-28-26-24-22-20-18-16-14-12-10-8-6-4-2/h29-32,35-45H,3-28,33-34,46-47H2,1-2H3/q+1. The summed E-state index contributed by atoms with van der Waals surface area (Å²) in [6.07, 6.45) is 50.7. The van der Waals surface area contributed by atoms with Crippen molar-refractivity contribution in [3.63, 3.8) is 0 Å². The fraction of sp³-hybridized carbons (Fsp3) is 0.604. The van der Waals surface area contributed by atoms with Crippen LogP contribution in [0.5, 0.6) is 0 Å². The largest absolute Gasteiger partial charge is 0.341 e. The predicted octanol–water partition coefficient (Wildman–Crippen LogP) is 16.5. The molecule has 0 aliphatic carbocycles. The molecular weight excluding hydrogens is 665 g/mol. The van der Waals surface area contributed by atoms with E-state index in [1.54, 1.807) is 0 Å². The van der Waals surface area contributed by atoms with E-state index in [2.05, 4.69) is 114 Å². The van der Waals surface area contributed by atoms with E-state index in [-0.39, 0.29) is 0 Å². The summed E-state index contributed by atoms with van der Waals surface area (Å²) < 4.78 is 2.56. The Bertz CT molecular complexity index is 1510. The van der Waals surface area contributed by atoms with Crippen LogP contribution < -0.4 is 9.47 Å². The lowest BCUT2D eigenvalue weighted by Crippen LogP contribution is -2.38. The van der Waals surface area contributed by atoms with Gasteiger partial charge in [0.1, 0.15) is 6.54 Å². The summed E-state index contributed by atoms with van der Waals surface area (Å²) in [6.45, 7) is 6.77. The van der Waals surface area contributed by atoms with Gasteiger partial charge in [-0.1, -0.05) is 217 Å². The molecule has 0 N–H and O–H groups in total. The van der Waals surface area contributed by atoms with Crippen LogP contribution in [0, 0.1) is 0 Å². The van der Waals surface area contributed by atoms with E-state index in [0.29, 0.717) is 0 Å². The second-order valence-corrected chi connectivity index (χ2v) is 16.7. The molecule has 302 valence electrons. The SMILES string of the molecule is CCCCCCCCCCCCCCCCN1/C(=C/C=C/c2ccc3ccccc3[n+]2CCCCCCCCCCCCCCCC)C=Cc2ccccc21. The second-order valence-electron chi connectivity index (χ2n) is 16.7. The summed E-state index contributed by atoms with van der Waals surface area (Å²) in [7, 11) is 0. The van der Waals surface area contributed by atoms with Crippen LogP contribution in [0.2, 0.25) is 0 Å². The van der Waals surface area contributed by atoms with Crippen molar-refractivity contribution in [2.75, 3.05) is 11.4 Å². The molecule has 3 aromatic rings. The zero-order chi connectivity index (χ0) is 38.4. The molecule has 2 heteroatoms. The second kappa shape index (κ2) is 29.2. The van der Waals surface area contributed by atoms with Gasteiger partial charge in [0.25, 0.3) is 0 Å². The first-order valence-electron chi connectivity index (χ1n) is 23.7. The number of hydrogen-bond acceptors (Lipinski definition) is 1. The van der Waals surface area contributed by atoms with Gasteiger partial charge in [-0.15, -0.1) is 0 Å². The molecule has 1 aromatic heterocycles. The highest BCUT2D eigenvalue weighted by molar-refractivity contribution is 5.77. The first kappa shape index (κ1) is 44.6. The number of unbranched alkanes of at least 4 members (excludes halogenated alkanes) is 26. The molecule has 0 radical (unpaired) electrons. The monoisotopic (exact) mass is 746 g/mol. The maximum Gasteiger partial charge on any atom is 0.212 e. The maximum absolute atomic E-state index is 2.56. The summed E-state index contributed by atoms with van der Waals surface area (Å²) in [5, 5.41) is 1.33. The molecule has 2 heterocycles. The molecule has 2 aromatic carbocycles. The maximum atomic E-state index is 2.56. The number of fused-ring (bicyclic) bond motifs is 2. The lowest BCUT2D eigenvalue weighted by Gasteiger charge is -2.30. The zero-order valence-corrected chi connectivity index (χ0v) is 35.8. The highest BCUT2D eigenvalue weighted by atomic mass is 15.1. The van der Waals surface area contributed by atoms with Gasteiger partial charge in [-0.05, 0) is 48.8 Å². The summed E-state index contributed by atoms with van der Waals surface area (Å²) >= 11 is 0. The Balaban J connectivity index is 1.22. The average molecular weight is 746 g/mol. The van der Waals surface area contributed by atoms with E-state index < -0.39 is 0 Å². The van der Waals surface area contributed by atoms with Crippen molar-refractivity contribution in [3.8, 4) is 0 Å². The van der Waals surface area contributed by atoms with Gasteiger partial charge in [0.05, 0.1) is 0 Å². The van der Waals surface area contributed by atoms with Gasteiger partial charge in [-0.2, -0.15) is 4.57 Å². The van der Waals surface area contributed by atoms with Crippen molar-refractivity contribution >= 4 is 28.7 Å². The molecular formula is C53H81N2+. The number of hydrogen-bond donors (Lipinski definition) is 0. The Morgan fingerprint density at radius 1 is 0.473 bits per heavy atom. The average Bonchev–Trinajstić information content (AvgIpc) is 3.21. The summed E-state index contributed by atoms with van der Waals surface area (Å²) in [6, 6.07) is 22.4. The fourth-order valence-corrected chi connectivity index (χ4v) is 8.52. The van der Waals surface area contributed by atoms with Gasteiger partial charge in [-0.3, -0.25) is 0 Å². The molecule has 4 rings (SSSR count). The molecule has 2 nitrogen and oxygen atoms in total. The first-order valence-corrected chi connectivity index (χ1v) is 23.7. The third-order valence-corrected chi connectivity index (χ3v) is 12.0. The predicted molar refractivity (Wildman–Crippen MR) is 245 cm³/mol. The number of allylic oxidation sites excluding steroid dienone is 3. The zero-order valence-electron chi connectivity index (χ0n) is 35.8. The number of para-hydroxylation sites is 2. The highest BCUT2D eigenvalue weighted by Crippen LogP contribution is 2.31. The molecule has 55 heavy (non-hydrogen) atoms. The topological polar surface area (TPSA) is 7.12 Å². The number of anilines is 1. The molecule has 0 atom stereocenters. The molecule has 0 unspecified atom stereocenters. The molecule has 1 aliphatic heterocycles. The molecule has 0 saturated heterocycles. The van der Waals surface area contributed by atoms with Crippen molar-refractivity contribution in [2.24, 2.45) is 0 Å². The van der Waals surface area contributed by atoms with E-state index in [4.69, 9.17) is 0 Å². The minimum absolute atomic E-state index is 1.08. The van der Waals surface area contributed by atoms with E-state index in [1.165, 1.54) is 213 Å². The fourth-order valence-electron chi connectivity index (χ4n) is 8.52. The van der Waals surface area contributed by atoms with E-state index in [9.17, 15) is 0 Å². The van der Waals surface area contributed by atoms with Crippen LogP contribution in [0.1, 0.15) is 205 Å². The number of benzene rings is 2. The van der Waals surface area contributed by atoms with Crippen LogP contribution in [0.3, 0.4) is 0 Å². The number of pyridine rings is 1. The molecule has 0 fully saturated rings. The van der Waals surface area contributed by atoms with Crippen LogP contribution >= 0.6 is 0 Å². The van der Waals surface area contributed by atoms with Crippen LogP contribution in [-0.4, -0.2) is 6.54 Å². The van der Waals surface area contributed by atoms with Crippen LogP contribution in [0.25, 0.3) is 23.1 Å². The van der Waals surface area contributed by atoms with Crippen LogP contribution in [0.4, 0.5) is 5.69 Å². The number of aromatic nitrogens is 1. The molecule has 0 spiro atoms. The normalized spacial score (nSPS) is 13.5. The summed E-state index contributed by atoms with van der Waals surface area (Å²) in [4.78, 5) is 2.56. The van der Waals surface area contributed by atoms with Crippen molar-refractivity contribution in [1.82, 2.24) is 0 Å². The third kappa shape index (κ3) is 17.7. The Morgan fingerprint density at radius 2 is 0.964 bits per heavy atom. The smallest absolute Gasteiger partial charge is 0.212 e. The van der Waals surface area contributed by atoms with Crippen molar-refractivity contribution in [2.45, 2.75) is 200 Å². The summed E-state index contributed by atoms with van der Waals surface area (Å²) in [5.74, 6) is 0. The lowest BCUT2D eigenvalue weighted by atomic mass is 10.0.